The van der Waals surface area contributed by atoms with Gasteiger partial charge in [0.1, 0.15) is 0 Å². The Morgan fingerprint density at radius 1 is 0.607 bits per heavy atom. The Hall–Kier alpha value is -3.71. The molecule has 1 aromatic heterocycles. The first-order chi connectivity index (χ1) is 13.9. The van der Waals surface area contributed by atoms with E-state index >= 15 is 0 Å². The molecule has 0 N–H and O–H groups in total. The summed E-state index contributed by atoms with van der Waals surface area (Å²) in [6, 6.07) is 36.2. The van der Waals surface area contributed by atoms with Gasteiger partial charge in [0.25, 0.3) is 0 Å². The van der Waals surface area contributed by atoms with E-state index in [1.807, 2.05) is 18.3 Å². The Labute approximate surface area is 164 Å². The minimum Gasteiger partial charge on any atom is -0.256 e. The van der Waals surface area contributed by atoms with Gasteiger partial charge in [-0.1, -0.05) is 91.0 Å². The van der Waals surface area contributed by atoms with Gasteiger partial charge in [0, 0.05) is 17.0 Å². The molecule has 0 amide bonds. The fourth-order valence-electron chi connectivity index (χ4n) is 3.71. The van der Waals surface area contributed by atoms with Gasteiger partial charge in [-0.15, -0.1) is 0 Å². The number of hydrogen-bond acceptors (Lipinski definition) is 1. The van der Waals surface area contributed by atoms with Crippen LogP contribution in [0.2, 0.25) is 0 Å². The average Bonchev–Trinajstić information content (AvgIpc) is 2.78. The van der Waals surface area contributed by atoms with Crippen molar-refractivity contribution in [3.05, 3.63) is 126 Å². The van der Waals surface area contributed by atoms with Crippen molar-refractivity contribution in [3.63, 3.8) is 0 Å². The van der Waals surface area contributed by atoms with Crippen LogP contribution in [-0.2, 0) is 0 Å². The number of hydrogen-bond donors (Lipinski definition) is 0. The van der Waals surface area contributed by atoms with Gasteiger partial charge >= 0.3 is 0 Å². The highest BCUT2D eigenvalue weighted by Gasteiger charge is 2.08. The molecule has 4 aromatic carbocycles. The fraction of sp³-hybridized carbons (Fsp3) is 0. The first-order valence-corrected chi connectivity index (χ1v) is 9.48. The maximum Gasteiger partial charge on any atom is 0.0780 e. The summed E-state index contributed by atoms with van der Waals surface area (Å²) in [5.74, 6) is 0. The van der Waals surface area contributed by atoms with Crippen LogP contribution < -0.4 is 0 Å². The normalized spacial score (nSPS) is 11.8. The zero-order chi connectivity index (χ0) is 18.8. The van der Waals surface area contributed by atoms with E-state index in [1.165, 1.54) is 38.4 Å². The first-order valence-electron chi connectivity index (χ1n) is 9.48. The zero-order valence-electron chi connectivity index (χ0n) is 15.4. The Morgan fingerprint density at radius 2 is 1.36 bits per heavy atom. The Morgan fingerprint density at radius 3 is 2.18 bits per heavy atom. The molecule has 0 aliphatic heterocycles. The molecule has 0 radical (unpaired) electrons. The first kappa shape index (κ1) is 16.5. The average molecular weight is 357 g/mol. The van der Waals surface area contributed by atoms with Crippen LogP contribution in [0.25, 0.3) is 33.3 Å². The van der Waals surface area contributed by atoms with Crippen molar-refractivity contribution in [2.45, 2.75) is 0 Å². The van der Waals surface area contributed by atoms with E-state index in [9.17, 15) is 0 Å². The van der Waals surface area contributed by atoms with Crippen molar-refractivity contribution in [2.24, 2.45) is 0 Å². The Kier molecular flexibility index (Phi) is 4.19. The molecule has 0 saturated heterocycles. The molecule has 28 heavy (non-hydrogen) atoms. The largest absolute Gasteiger partial charge is 0.256 e. The lowest BCUT2D eigenvalue weighted by Crippen LogP contribution is -1.90. The summed E-state index contributed by atoms with van der Waals surface area (Å²) in [5.41, 5.74) is 5.89. The molecule has 5 aromatic rings. The maximum absolute atomic E-state index is 4.60. The van der Waals surface area contributed by atoms with Crippen LogP contribution in [0.15, 0.2) is 109 Å². The van der Waals surface area contributed by atoms with Crippen LogP contribution in [0.5, 0.6) is 0 Å². The van der Waals surface area contributed by atoms with E-state index in [0.717, 1.165) is 5.52 Å². The van der Waals surface area contributed by atoms with Crippen LogP contribution >= 0.6 is 0 Å². The van der Waals surface area contributed by atoms with Gasteiger partial charge in [0.2, 0.25) is 0 Å². The van der Waals surface area contributed by atoms with Gasteiger partial charge in [0.15, 0.2) is 0 Å². The molecule has 1 heteroatoms. The quantitative estimate of drug-likeness (QED) is 0.251. The molecule has 0 fully saturated rings. The SMILES string of the molecule is C(=C(/c1ccccc1)c1ccc2c(ccc3cccnc32)c1)/c1ccccc1. The lowest BCUT2D eigenvalue weighted by atomic mass is 9.93. The summed E-state index contributed by atoms with van der Waals surface area (Å²) in [5, 5.41) is 3.57. The Bertz CT molecular complexity index is 1290. The molecule has 0 unspecified atom stereocenters. The van der Waals surface area contributed by atoms with E-state index in [2.05, 4.69) is 102 Å². The smallest absolute Gasteiger partial charge is 0.0780 e. The lowest BCUT2D eigenvalue weighted by molar-refractivity contribution is 1.43. The highest BCUT2D eigenvalue weighted by Crippen LogP contribution is 2.31. The predicted octanol–water partition coefficient (Wildman–Crippen LogP) is 6.98. The molecule has 0 spiro atoms. The van der Waals surface area contributed by atoms with Crippen LogP contribution in [0.3, 0.4) is 0 Å². The summed E-state index contributed by atoms with van der Waals surface area (Å²) in [4.78, 5) is 4.60. The van der Waals surface area contributed by atoms with E-state index in [4.69, 9.17) is 0 Å². The second kappa shape index (κ2) is 7.13. The van der Waals surface area contributed by atoms with Crippen LogP contribution in [0.1, 0.15) is 16.7 Å². The van der Waals surface area contributed by atoms with E-state index in [-0.39, 0.29) is 0 Å². The Balaban J connectivity index is 1.71. The van der Waals surface area contributed by atoms with Crippen molar-refractivity contribution in [3.8, 4) is 0 Å². The predicted molar refractivity (Wildman–Crippen MR) is 119 cm³/mol. The zero-order valence-corrected chi connectivity index (χ0v) is 15.4. The van der Waals surface area contributed by atoms with Gasteiger partial charge < -0.3 is 0 Å². The minimum absolute atomic E-state index is 1.06. The molecule has 0 atom stereocenters. The third kappa shape index (κ3) is 3.08. The second-order valence-corrected chi connectivity index (χ2v) is 6.91. The lowest BCUT2D eigenvalue weighted by Gasteiger charge is -2.11. The molecule has 0 aliphatic carbocycles. The van der Waals surface area contributed by atoms with Crippen LogP contribution in [-0.4, -0.2) is 4.98 Å². The molecule has 0 bridgehead atoms. The summed E-state index contributed by atoms with van der Waals surface area (Å²) < 4.78 is 0. The molecule has 1 heterocycles. The van der Waals surface area contributed by atoms with Crippen molar-refractivity contribution in [1.82, 2.24) is 4.98 Å². The number of rotatable bonds is 3. The molecule has 0 aliphatic rings. The topological polar surface area (TPSA) is 12.9 Å². The van der Waals surface area contributed by atoms with E-state index in [0.29, 0.717) is 0 Å². The van der Waals surface area contributed by atoms with Crippen molar-refractivity contribution >= 4 is 33.3 Å². The fourth-order valence-corrected chi connectivity index (χ4v) is 3.71. The standard InChI is InChI=1S/C27H19N/c1-3-8-20(9-4-1)18-26(21-10-5-2-6-11-21)24-15-16-25-23(19-24)14-13-22-12-7-17-28-27(22)25/h1-19H/b26-18+. The summed E-state index contributed by atoms with van der Waals surface area (Å²) in [7, 11) is 0. The van der Waals surface area contributed by atoms with Crippen LogP contribution in [0, 0.1) is 0 Å². The van der Waals surface area contributed by atoms with Gasteiger partial charge in [-0.25, -0.2) is 0 Å². The van der Waals surface area contributed by atoms with Gasteiger partial charge in [-0.05, 0) is 45.9 Å². The van der Waals surface area contributed by atoms with Crippen molar-refractivity contribution < 1.29 is 0 Å². The highest BCUT2D eigenvalue weighted by atomic mass is 14.6. The van der Waals surface area contributed by atoms with Crippen molar-refractivity contribution in [2.75, 3.05) is 0 Å². The monoisotopic (exact) mass is 357 g/mol. The third-order valence-corrected chi connectivity index (χ3v) is 5.09. The highest BCUT2D eigenvalue weighted by molar-refractivity contribution is 6.06. The maximum atomic E-state index is 4.60. The molecule has 132 valence electrons. The number of nitrogens with zero attached hydrogens (tertiary/aromatic N) is 1. The third-order valence-electron chi connectivity index (χ3n) is 5.09. The van der Waals surface area contributed by atoms with E-state index < -0.39 is 0 Å². The molecular weight excluding hydrogens is 338 g/mol. The summed E-state index contributed by atoms with van der Waals surface area (Å²) in [6.45, 7) is 0. The summed E-state index contributed by atoms with van der Waals surface area (Å²) in [6.07, 6.45) is 4.12. The van der Waals surface area contributed by atoms with E-state index in [1.54, 1.807) is 0 Å². The number of fused-ring (bicyclic) bond motifs is 3. The van der Waals surface area contributed by atoms with Crippen LogP contribution in [0.4, 0.5) is 0 Å². The summed E-state index contributed by atoms with van der Waals surface area (Å²) >= 11 is 0. The number of benzene rings is 4. The van der Waals surface area contributed by atoms with Crippen molar-refractivity contribution in [1.29, 1.82) is 0 Å². The molecular formula is C27H19N. The molecule has 0 saturated carbocycles. The van der Waals surface area contributed by atoms with Gasteiger partial charge in [0.05, 0.1) is 5.52 Å². The number of pyridine rings is 1. The second-order valence-electron chi connectivity index (χ2n) is 6.91. The number of aromatic nitrogens is 1. The molecule has 5 rings (SSSR count). The molecule has 1 nitrogen and oxygen atoms in total. The van der Waals surface area contributed by atoms with Gasteiger partial charge in [-0.3, -0.25) is 4.98 Å². The van der Waals surface area contributed by atoms with Gasteiger partial charge in [-0.2, -0.15) is 0 Å². The minimum atomic E-state index is 1.06.